The number of hydrogen-bond acceptors (Lipinski definition) is 7. The van der Waals surface area contributed by atoms with Crippen LogP contribution in [-0.2, 0) is 0 Å². The lowest BCUT2D eigenvalue weighted by atomic mass is 10.0. The Hall–Kier alpha value is -3.09. The van der Waals surface area contributed by atoms with Crippen molar-refractivity contribution in [2.24, 2.45) is 0 Å². The van der Waals surface area contributed by atoms with E-state index in [1.807, 2.05) is 0 Å². The summed E-state index contributed by atoms with van der Waals surface area (Å²) in [4.78, 5) is 12.3. The lowest BCUT2D eigenvalue weighted by Gasteiger charge is -2.10. The van der Waals surface area contributed by atoms with Crippen molar-refractivity contribution in [3.63, 3.8) is 0 Å². The van der Waals surface area contributed by atoms with Gasteiger partial charge in [-0.15, -0.1) is 0 Å². The van der Waals surface area contributed by atoms with Gasteiger partial charge in [0.25, 0.3) is 0 Å². The van der Waals surface area contributed by atoms with Crippen molar-refractivity contribution in [2.75, 3.05) is 7.11 Å². The van der Waals surface area contributed by atoms with Crippen LogP contribution in [0.3, 0.4) is 0 Å². The molecule has 7 heteroatoms. The zero-order valence-electron chi connectivity index (χ0n) is 10.9. The fraction of sp³-hybridized carbons (Fsp3) is 0.0714. The number of carbonyl (C=O) groups is 1. The molecule has 0 radical (unpaired) electrons. The second-order valence-corrected chi connectivity index (χ2v) is 4.20. The van der Waals surface area contributed by atoms with Crippen LogP contribution in [0.4, 0.5) is 0 Å². The second-order valence-electron chi connectivity index (χ2n) is 4.20. The van der Waals surface area contributed by atoms with E-state index in [2.05, 4.69) is 0 Å². The van der Waals surface area contributed by atoms with Crippen molar-refractivity contribution >= 4 is 5.78 Å². The summed E-state index contributed by atoms with van der Waals surface area (Å²) in [5, 5.41) is 47.4. The van der Waals surface area contributed by atoms with Gasteiger partial charge in [0.05, 0.1) is 12.7 Å². The van der Waals surface area contributed by atoms with E-state index in [4.69, 9.17) is 4.74 Å². The summed E-state index contributed by atoms with van der Waals surface area (Å²) in [5.41, 5.74) is -0.361. The number of hydrogen-bond donors (Lipinski definition) is 5. The van der Waals surface area contributed by atoms with E-state index in [0.29, 0.717) is 0 Å². The number of phenolic OH excluding ortho intramolecular Hbond substituents is 5. The van der Waals surface area contributed by atoms with E-state index in [1.54, 1.807) is 0 Å². The van der Waals surface area contributed by atoms with Crippen LogP contribution in [0.15, 0.2) is 24.3 Å². The molecule has 2 aromatic rings. The molecule has 0 aliphatic heterocycles. The molecule has 0 bridgehead atoms. The Kier molecular flexibility index (Phi) is 3.49. The Balaban J connectivity index is 2.55. The largest absolute Gasteiger partial charge is 0.504 e. The van der Waals surface area contributed by atoms with Crippen LogP contribution >= 0.6 is 0 Å². The SMILES string of the molecule is COc1cc(C(=O)c2ccc(O)c(O)c2O)cc(O)c1O. The third kappa shape index (κ3) is 2.36. The summed E-state index contributed by atoms with van der Waals surface area (Å²) < 4.78 is 4.81. The van der Waals surface area contributed by atoms with Gasteiger partial charge in [0.15, 0.2) is 28.8 Å². The lowest BCUT2D eigenvalue weighted by Crippen LogP contribution is -2.02. The van der Waals surface area contributed by atoms with E-state index in [1.165, 1.54) is 13.2 Å². The van der Waals surface area contributed by atoms with Gasteiger partial charge in [-0.2, -0.15) is 0 Å². The van der Waals surface area contributed by atoms with E-state index in [0.717, 1.165) is 18.2 Å². The Bertz CT molecular complexity index is 722. The molecule has 0 heterocycles. The molecule has 0 aliphatic carbocycles. The highest BCUT2D eigenvalue weighted by Crippen LogP contribution is 2.40. The molecule has 0 saturated carbocycles. The minimum absolute atomic E-state index is 0.0810. The maximum Gasteiger partial charge on any atom is 0.201 e. The average molecular weight is 292 g/mol. The van der Waals surface area contributed by atoms with Crippen LogP contribution < -0.4 is 4.74 Å². The van der Waals surface area contributed by atoms with Crippen LogP contribution in [0.1, 0.15) is 15.9 Å². The molecule has 7 nitrogen and oxygen atoms in total. The maximum absolute atomic E-state index is 12.3. The summed E-state index contributed by atoms with van der Waals surface area (Å²) in [7, 11) is 1.24. The maximum atomic E-state index is 12.3. The Morgan fingerprint density at radius 1 is 0.905 bits per heavy atom. The number of methoxy groups -OCH3 is 1. The predicted molar refractivity (Wildman–Crippen MR) is 71.2 cm³/mol. The Labute approximate surface area is 118 Å². The van der Waals surface area contributed by atoms with Gasteiger partial charge >= 0.3 is 0 Å². The molecule has 5 N–H and O–H groups in total. The lowest BCUT2D eigenvalue weighted by molar-refractivity contribution is 0.103. The van der Waals surface area contributed by atoms with Crippen molar-refractivity contribution in [3.05, 3.63) is 35.4 Å². The first-order chi connectivity index (χ1) is 9.86. The first-order valence-electron chi connectivity index (χ1n) is 5.75. The van der Waals surface area contributed by atoms with Crippen molar-refractivity contribution in [1.82, 2.24) is 0 Å². The molecule has 0 atom stereocenters. The van der Waals surface area contributed by atoms with Gasteiger partial charge in [-0.25, -0.2) is 0 Å². The second kappa shape index (κ2) is 5.12. The number of aromatic hydroxyl groups is 5. The van der Waals surface area contributed by atoms with Crippen molar-refractivity contribution in [1.29, 1.82) is 0 Å². The molecular formula is C14H12O7. The number of phenols is 5. The minimum atomic E-state index is -0.823. The molecule has 0 amide bonds. The molecule has 0 unspecified atom stereocenters. The summed E-state index contributed by atoms with van der Waals surface area (Å²) in [6, 6.07) is 4.31. The molecular weight excluding hydrogens is 280 g/mol. The quantitative estimate of drug-likeness (QED) is 0.428. The zero-order chi connectivity index (χ0) is 15.7. The van der Waals surface area contributed by atoms with Gasteiger partial charge in [-0.3, -0.25) is 4.79 Å². The average Bonchev–Trinajstić information content (AvgIpc) is 2.47. The normalized spacial score (nSPS) is 10.3. The summed E-state index contributed by atoms with van der Waals surface area (Å²) in [5.74, 6) is -4.14. The van der Waals surface area contributed by atoms with Crippen molar-refractivity contribution in [2.45, 2.75) is 0 Å². The van der Waals surface area contributed by atoms with E-state index in [-0.39, 0.29) is 16.9 Å². The van der Waals surface area contributed by atoms with Gasteiger partial charge in [0.2, 0.25) is 11.5 Å². The molecule has 0 aliphatic rings. The smallest absolute Gasteiger partial charge is 0.201 e. The van der Waals surface area contributed by atoms with Gasteiger partial charge in [0, 0.05) is 5.56 Å². The fourth-order valence-corrected chi connectivity index (χ4v) is 1.79. The van der Waals surface area contributed by atoms with Gasteiger partial charge < -0.3 is 30.3 Å². The standard InChI is InChI=1S/C14H12O7/c1-21-10-5-6(4-9(16)13(10)19)11(17)7-2-3-8(15)14(20)12(7)18/h2-5,15-16,18-20H,1H3. The van der Waals surface area contributed by atoms with Crippen LogP contribution in [0.2, 0.25) is 0 Å². The molecule has 0 saturated heterocycles. The topological polar surface area (TPSA) is 127 Å². The van der Waals surface area contributed by atoms with Crippen molar-refractivity contribution < 1.29 is 35.1 Å². The van der Waals surface area contributed by atoms with Gasteiger partial charge in [0.1, 0.15) is 0 Å². The molecule has 0 spiro atoms. The zero-order valence-corrected chi connectivity index (χ0v) is 10.9. The summed E-state index contributed by atoms with van der Waals surface area (Å²) >= 11 is 0. The number of ketones is 1. The molecule has 2 aromatic carbocycles. The van der Waals surface area contributed by atoms with Crippen LogP contribution in [0.5, 0.6) is 34.5 Å². The Morgan fingerprint density at radius 3 is 2.19 bits per heavy atom. The number of carbonyl (C=O) groups excluding carboxylic acids is 1. The fourth-order valence-electron chi connectivity index (χ4n) is 1.79. The third-order valence-corrected chi connectivity index (χ3v) is 2.91. The number of benzene rings is 2. The first-order valence-corrected chi connectivity index (χ1v) is 5.75. The highest BCUT2D eigenvalue weighted by molar-refractivity contribution is 6.11. The molecule has 110 valence electrons. The van der Waals surface area contributed by atoms with Crippen molar-refractivity contribution in [3.8, 4) is 34.5 Å². The summed E-state index contributed by atoms with van der Waals surface area (Å²) in [6.45, 7) is 0. The Morgan fingerprint density at radius 2 is 1.57 bits per heavy atom. The van der Waals surface area contributed by atoms with Gasteiger partial charge in [-0.1, -0.05) is 0 Å². The van der Waals surface area contributed by atoms with Crippen LogP contribution in [0, 0.1) is 0 Å². The highest BCUT2D eigenvalue weighted by Gasteiger charge is 2.21. The van der Waals surface area contributed by atoms with E-state index >= 15 is 0 Å². The summed E-state index contributed by atoms with van der Waals surface area (Å²) in [6.07, 6.45) is 0. The molecule has 0 fully saturated rings. The number of rotatable bonds is 3. The first kappa shape index (κ1) is 14.3. The van der Waals surface area contributed by atoms with E-state index in [9.17, 15) is 30.3 Å². The van der Waals surface area contributed by atoms with Crippen LogP contribution in [-0.4, -0.2) is 38.4 Å². The monoisotopic (exact) mass is 292 g/mol. The molecule has 0 aromatic heterocycles. The number of ether oxygens (including phenoxy) is 1. The predicted octanol–water partition coefficient (Wildman–Crippen LogP) is 1.45. The highest BCUT2D eigenvalue weighted by atomic mass is 16.5. The van der Waals surface area contributed by atoms with Crippen LogP contribution in [0.25, 0.3) is 0 Å². The third-order valence-electron chi connectivity index (χ3n) is 2.91. The minimum Gasteiger partial charge on any atom is -0.504 e. The molecule has 21 heavy (non-hydrogen) atoms. The van der Waals surface area contributed by atoms with E-state index < -0.39 is 34.5 Å². The molecule has 2 rings (SSSR count). The van der Waals surface area contributed by atoms with Gasteiger partial charge in [-0.05, 0) is 24.3 Å².